The minimum Gasteiger partial charge on any atom is -1.00 e. The van der Waals surface area contributed by atoms with Crippen molar-refractivity contribution in [2.75, 3.05) is 0 Å². The topological polar surface area (TPSA) is 40.3 Å². The zero-order chi connectivity index (χ0) is 19.2. The van der Waals surface area contributed by atoms with E-state index in [2.05, 4.69) is 53.6 Å². The highest BCUT2D eigenvalue weighted by atomic mass is 79.9. The number of benzene rings is 1. The van der Waals surface area contributed by atoms with Gasteiger partial charge in [-0.2, -0.15) is 0 Å². The van der Waals surface area contributed by atoms with Gasteiger partial charge in [-0.05, 0) is 37.8 Å². The maximum absolute atomic E-state index is 2.49. The van der Waals surface area contributed by atoms with Crippen LogP contribution < -0.4 is 21.5 Å². The average Bonchev–Trinajstić information content (AvgIpc) is 3.04. The van der Waals surface area contributed by atoms with Gasteiger partial charge in [-0.1, -0.05) is 90.2 Å². The quantitative estimate of drug-likeness (QED) is 0.266. The Balaban J connectivity index is 0.00000392. The number of halogens is 1. The molecule has 1 aromatic carbocycles. The number of imidazole rings is 1. The van der Waals surface area contributed by atoms with Gasteiger partial charge >= 0.3 is 0 Å². The lowest BCUT2D eigenvalue weighted by molar-refractivity contribution is -0.672. The Labute approximate surface area is 190 Å². The van der Waals surface area contributed by atoms with Crippen LogP contribution in [0.25, 0.3) is 11.0 Å². The summed E-state index contributed by atoms with van der Waals surface area (Å²) in [5.41, 5.74) is 2.82. The fourth-order valence-electron chi connectivity index (χ4n) is 4.08. The van der Waals surface area contributed by atoms with E-state index in [9.17, 15) is 0 Å². The van der Waals surface area contributed by atoms with Crippen molar-refractivity contribution in [2.24, 2.45) is 0 Å². The molecule has 1 heterocycles. The first-order chi connectivity index (χ1) is 13.4. The molecule has 0 amide bonds. The van der Waals surface area contributed by atoms with Gasteiger partial charge in [0.1, 0.15) is 0 Å². The Bertz CT molecular complexity index is 574. The summed E-state index contributed by atoms with van der Waals surface area (Å²) in [6.45, 7) is 6.91. The minimum atomic E-state index is 0. The number of hydrogen-bond acceptors (Lipinski definition) is 0. The van der Waals surface area contributed by atoms with Crippen molar-refractivity contribution < 1.29 is 27.0 Å². The Morgan fingerprint density at radius 2 is 1.21 bits per heavy atom. The Morgan fingerprint density at radius 1 is 0.690 bits per heavy atom. The summed E-state index contributed by atoms with van der Waals surface area (Å²) in [7, 11) is 0. The molecule has 0 saturated heterocycles. The Morgan fingerprint density at radius 3 is 1.83 bits per heavy atom. The van der Waals surface area contributed by atoms with E-state index in [1.54, 1.807) is 0 Å². The van der Waals surface area contributed by atoms with E-state index in [0.29, 0.717) is 0 Å². The van der Waals surface area contributed by atoms with E-state index >= 15 is 0 Å². The van der Waals surface area contributed by atoms with Crippen LogP contribution in [0.2, 0.25) is 0 Å². The molecule has 4 heteroatoms. The first-order valence-corrected chi connectivity index (χ1v) is 11.8. The summed E-state index contributed by atoms with van der Waals surface area (Å²) >= 11 is 0. The molecule has 0 aliphatic heterocycles. The van der Waals surface area contributed by atoms with Gasteiger partial charge in [0.15, 0.2) is 11.0 Å². The molecule has 2 aromatic rings. The molecular formula is C25H45BrN2O. The zero-order valence-electron chi connectivity index (χ0n) is 19.0. The fraction of sp³-hybridized carbons (Fsp3) is 0.720. The second-order valence-corrected chi connectivity index (χ2v) is 8.23. The maximum atomic E-state index is 2.49. The lowest BCUT2D eigenvalue weighted by Crippen LogP contribution is -3.00. The van der Waals surface area contributed by atoms with Gasteiger partial charge in [0.05, 0.1) is 13.1 Å². The molecule has 2 rings (SSSR count). The molecule has 1 aromatic heterocycles. The first kappa shape index (κ1) is 28.1. The molecule has 168 valence electrons. The van der Waals surface area contributed by atoms with Crippen LogP contribution in [0.3, 0.4) is 0 Å². The fourth-order valence-corrected chi connectivity index (χ4v) is 4.08. The van der Waals surface area contributed by atoms with Crippen LogP contribution >= 0.6 is 0 Å². The van der Waals surface area contributed by atoms with E-state index in [1.807, 2.05) is 0 Å². The summed E-state index contributed by atoms with van der Waals surface area (Å²) in [6.07, 6.45) is 21.7. The summed E-state index contributed by atoms with van der Waals surface area (Å²) < 4.78 is 4.98. The van der Waals surface area contributed by atoms with E-state index < -0.39 is 0 Å². The number of aromatic nitrogens is 2. The van der Waals surface area contributed by atoms with Crippen molar-refractivity contribution >= 4 is 11.0 Å². The van der Waals surface area contributed by atoms with E-state index in [-0.39, 0.29) is 22.5 Å². The molecule has 0 radical (unpaired) electrons. The van der Waals surface area contributed by atoms with Crippen molar-refractivity contribution in [2.45, 2.75) is 117 Å². The van der Waals surface area contributed by atoms with Crippen LogP contribution in [0.5, 0.6) is 0 Å². The minimum absolute atomic E-state index is 0. The lowest BCUT2D eigenvalue weighted by atomic mass is 10.1. The molecule has 0 bridgehead atoms. The smallest absolute Gasteiger partial charge is 0.244 e. The second kappa shape index (κ2) is 17.9. The van der Waals surface area contributed by atoms with E-state index in [0.717, 1.165) is 13.1 Å². The Hall–Kier alpha value is -0.870. The second-order valence-electron chi connectivity index (χ2n) is 8.23. The number of rotatable bonds is 16. The van der Waals surface area contributed by atoms with Crippen LogP contribution in [0.15, 0.2) is 30.6 Å². The highest BCUT2D eigenvalue weighted by Gasteiger charge is 2.14. The van der Waals surface area contributed by atoms with Gasteiger partial charge in [-0.15, -0.1) is 0 Å². The molecule has 0 fully saturated rings. The predicted molar refractivity (Wildman–Crippen MR) is 122 cm³/mol. The van der Waals surface area contributed by atoms with Crippen LogP contribution in [0, 0.1) is 0 Å². The largest absolute Gasteiger partial charge is 1.00 e. The molecule has 2 N–H and O–H groups in total. The van der Waals surface area contributed by atoms with Gasteiger partial charge in [-0.25, -0.2) is 9.13 Å². The van der Waals surface area contributed by atoms with Crippen molar-refractivity contribution in [1.82, 2.24) is 4.57 Å². The van der Waals surface area contributed by atoms with Crippen molar-refractivity contribution in [1.29, 1.82) is 0 Å². The summed E-state index contributed by atoms with van der Waals surface area (Å²) in [6, 6.07) is 8.94. The number of unbranched alkanes of at least 4 members (excludes halogenated alkanes) is 12. The monoisotopic (exact) mass is 468 g/mol. The van der Waals surface area contributed by atoms with E-state index in [4.69, 9.17) is 0 Å². The average molecular weight is 470 g/mol. The molecule has 0 atom stereocenters. The molecule has 0 spiro atoms. The third kappa shape index (κ3) is 10.6. The Kier molecular flexibility index (Phi) is 17.4. The SMILES string of the molecule is CCCCCCCCCn1c[n+](CCCCCCCCC)c2ccccc21.O.[Br-]. The summed E-state index contributed by atoms with van der Waals surface area (Å²) in [5.74, 6) is 0. The van der Waals surface area contributed by atoms with Gasteiger partial charge < -0.3 is 22.5 Å². The normalized spacial score (nSPS) is 10.7. The van der Waals surface area contributed by atoms with Gasteiger partial charge in [0.2, 0.25) is 6.33 Å². The molecule has 29 heavy (non-hydrogen) atoms. The van der Waals surface area contributed by atoms with Gasteiger partial charge in [0.25, 0.3) is 0 Å². The third-order valence-electron chi connectivity index (χ3n) is 5.78. The van der Waals surface area contributed by atoms with Gasteiger partial charge in [-0.3, -0.25) is 0 Å². The number of fused-ring (bicyclic) bond motifs is 1. The molecule has 0 aliphatic carbocycles. The molecule has 0 unspecified atom stereocenters. The number of nitrogens with zero attached hydrogens (tertiary/aromatic N) is 2. The summed E-state index contributed by atoms with van der Waals surface area (Å²) in [4.78, 5) is 0. The third-order valence-corrected chi connectivity index (χ3v) is 5.78. The maximum Gasteiger partial charge on any atom is 0.244 e. The lowest BCUT2D eigenvalue weighted by Gasteiger charge is -2.01. The first-order valence-electron chi connectivity index (χ1n) is 11.8. The predicted octanol–water partition coefficient (Wildman–Crippen LogP) is 3.61. The zero-order valence-corrected chi connectivity index (χ0v) is 20.6. The van der Waals surface area contributed by atoms with Crippen molar-refractivity contribution in [3.05, 3.63) is 30.6 Å². The van der Waals surface area contributed by atoms with Crippen LogP contribution in [-0.2, 0) is 13.1 Å². The van der Waals surface area contributed by atoms with Crippen LogP contribution in [0.1, 0.15) is 104 Å². The highest BCUT2D eigenvalue weighted by molar-refractivity contribution is 5.71. The standard InChI is InChI=1S/C25H43N2.BrH.H2O/c1-3-5-7-9-11-13-17-21-26-23-27(25-20-16-15-19-24(25)26)22-18-14-12-10-8-6-4-2;;/h15-16,19-20,23H,3-14,17-18,21-22H2,1-2H3;1H;1H2/q+1;;/p-1. The summed E-state index contributed by atoms with van der Waals surface area (Å²) in [5, 5.41) is 0. The highest BCUT2D eigenvalue weighted by Crippen LogP contribution is 2.14. The molecule has 0 aliphatic rings. The van der Waals surface area contributed by atoms with Crippen molar-refractivity contribution in [3.63, 3.8) is 0 Å². The van der Waals surface area contributed by atoms with Crippen molar-refractivity contribution in [3.8, 4) is 0 Å². The number of para-hydroxylation sites is 2. The number of hydrogen-bond donors (Lipinski definition) is 0. The van der Waals surface area contributed by atoms with Crippen LogP contribution in [-0.4, -0.2) is 10.0 Å². The van der Waals surface area contributed by atoms with E-state index in [1.165, 1.54) is 101 Å². The van der Waals surface area contributed by atoms with Crippen LogP contribution in [0.4, 0.5) is 0 Å². The molecular weight excluding hydrogens is 424 g/mol. The molecule has 0 saturated carbocycles. The number of aryl methyl sites for hydroxylation is 2. The van der Waals surface area contributed by atoms with Gasteiger partial charge in [0, 0.05) is 0 Å². The molecule has 3 nitrogen and oxygen atoms in total.